The van der Waals surface area contributed by atoms with Crippen LogP contribution in [0.1, 0.15) is 5.89 Å². The van der Waals surface area contributed by atoms with E-state index in [1.165, 1.54) is 12.1 Å². The minimum Gasteiger partial charge on any atom is -0.508 e. The lowest BCUT2D eigenvalue weighted by Crippen LogP contribution is -1.82. The maximum atomic E-state index is 9.09. The first-order valence-corrected chi connectivity index (χ1v) is 4.28. The molecule has 1 N–H and O–H groups in total. The topological polar surface area (TPSA) is 82.9 Å². The molecule has 0 spiro atoms. The molecule has 74 valence electrons. The normalized spacial score (nSPS) is 9.80. The van der Waals surface area contributed by atoms with Crippen molar-refractivity contribution in [2.45, 2.75) is 6.42 Å². The fourth-order valence-corrected chi connectivity index (χ4v) is 1.12. The Kier molecular flexibility index (Phi) is 2.33. The standard InChI is InChI=1S/C10H7N3O2/c11-6-5-9-12-10(13-15-9)7-1-3-8(14)4-2-7/h1-4,14H,5H2. The summed E-state index contributed by atoms with van der Waals surface area (Å²) in [5.41, 5.74) is 0.737. The van der Waals surface area contributed by atoms with E-state index in [9.17, 15) is 0 Å². The number of aromatic nitrogens is 2. The van der Waals surface area contributed by atoms with Gasteiger partial charge in [0.2, 0.25) is 11.7 Å². The molecule has 0 radical (unpaired) electrons. The molecular weight excluding hydrogens is 194 g/mol. The summed E-state index contributed by atoms with van der Waals surface area (Å²) in [5.74, 6) is 0.889. The Labute approximate surface area is 85.6 Å². The van der Waals surface area contributed by atoms with Gasteiger partial charge in [-0.3, -0.25) is 0 Å². The Bertz CT molecular complexity index is 496. The van der Waals surface area contributed by atoms with Crippen molar-refractivity contribution < 1.29 is 9.63 Å². The number of hydrogen-bond acceptors (Lipinski definition) is 5. The third-order valence-electron chi connectivity index (χ3n) is 1.82. The zero-order valence-corrected chi connectivity index (χ0v) is 7.71. The van der Waals surface area contributed by atoms with Crippen LogP contribution in [-0.2, 0) is 6.42 Å². The monoisotopic (exact) mass is 201 g/mol. The molecule has 0 aliphatic heterocycles. The van der Waals surface area contributed by atoms with Crippen molar-refractivity contribution in [3.63, 3.8) is 0 Å². The molecule has 5 heteroatoms. The molecule has 0 amide bonds. The Morgan fingerprint density at radius 2 is 2.07 bits per heavy atom. The summed E-state index contributed by atoms with van der Waals surface area (Å²) in [6, 6.07) is 8.35. The number of aromatic hydroxyl groups is 1. The highest BCUT2D eigenvalue weighted by atomic mass is 16.5. The van der Waals surface area contributed by atoms with Crippen LogP contribution in [-0.4, -0.2) is 15.2 Å². The van der Waals surface area contributed by atoms with Gasteiger partial charge in [0.1, 0.15) is 12.2 Å². The van der Waals surface area contributed by atoms with E-state index in [0.717, 1.165) is 5.56 Å². The summed E-state index contributed by atoms with van der Waals surface area (Å²) >= 11 is 0. The maximum Gasteiger partial charge on any atom is 0.241 e. The molecule has 0 bridgehead atoms. The molecule has 15 heavy (non-hydrogen) atoms. The van der Waals surface area contributed by atoms with Gasteiger partial charge in [0.25, 0.3) is 0 Å². The average molecular weight is 201 g/mol. The van der Waals surface area contributed by atoms with Crippen LogP contribution >= 0.6 is 0 Å². The number of benzene rings is 1. The van der Waals surface area contributed by atoms with Crippen LogP contribution in [0, 0.1) is 11.3 Å². The summed E-state index contributed by atoms with van der Waals surface area (Å²) in [6.07, 6.45) is 0.102. The molecule has 1 aromatic carbocycles. The summed E-state index contributed by atoms with van der Waals surface area (Å²) in [5, 5.41) is 21.2. The second-order valence-corrected chi connectivity index (χ2v) is 2.89. The van der Waals surface area contributed by atoms with Crippen LogP contribution in [0.4, 0.5) is 0 Å². The van der Waals surface area contributed by atoms with Gasteiger partial charge < -0.3 is 9.63 Å². The summed E-state index contributed by atoms with van der Waals surface area (Å²) in [4.78, 5) is 4.02. The van der Waals surface area contributed by atoms with Crippen molar-refractivity contribution >= 4 is 0 Å². The van der Waals surface area contributed by atoms with Crippen molar-refractivity contribution in [3.8, 4) is 23.2 Å². The number of rotatable bonds is 2. The lowest BCUT2D eigenvalue weighted by Gasteiger charge is -1.93. The fraction of sp³-hybridized carbons (Fsp3) is 0.100. The molecule has 0 aliphatic rings. The lowest BCUT2D eigenvalue weighted by atomic mass is 10.2. The third-order valence-corrected chi connectivity index (χ3v) is 1.82. The molecule has 0 saturated carbocycles. The Hall–Kier alpha value is -2.35. The van der Waals surface area contributed by atoms with Crippen LogP contribution in [0.3, 0.4) is 0 Å². The molecular formula is C10H7N3O2. The van der Waals surface area contributed by atoms with Gasteiger partial charge in [-0.25, -0.2) is 0 Å². The predicted molar refractivity (Wildman–Crippen MR) is 50.7 cm³/mol. The van der Waals surface area contributed by atoms with Gasteiger partial charge >= 0.3 is 0 Å². The van der Waals surface area contributed by atoms with E-state index in [0.29, 0.717) is 11.7 Å². The van der Waals surface area contributed by atoms with Crippen LogP contribution in [0.25, 0.3) is 11.4 Å². The van der Waals surface area contributed by atoms with Gasteiger partial charge in [0, 0.05) is 5.56 Å². The Morgan fingerprint density at radius 1 is 1.33 bits per heavy atom. The lowest BCUT2D eigenvalue weighted by molar-refractivity contribution is 0.388. The van der Waals surface area contributed by atoms with Crippen LogP contribution in [0.2, 0.25) is 0 Å². The molecule has 5 nitrogen and oxygen atoms in total. The van der Waals surface area contributed by atoms with Crippen molar-refractivity contribution in [1.29, 1.82) is 5.26 Å². The Balaban J connectivity index is 2.30. The SMILES string of the molecule is N#CCc1nc(-c2ccc(O)cc2)no1. The largest absolute Gasteiger partial charge is 0.508 e. The van der Waals surface area contributed by atoms with Crippen LogP contribution < -0.4 is 0 Å². The zero-order chi connectivity index (χ0) is 10.7. The highest BCUT2D eigenvalue weighted by Gasteiger charge is 2.07. The molecule has 1 heterocycles. The highest BCUT2D eigenvalue weighted by Crippen LogP contribution is 2.18. The van der Waals surface area contributed by atoms with E-state index in [4.69, 9.17) is 14.9 Å². The fourth-order valence-electron chi connectivity index (χ4n) is 1.12. The maximum absolute atomic E-state index is 9.09. The molecule has 0 fully saturated rings. The first-order chi connectivity index (χ1) is 7.29. The molecule has 0 saturated heterocycles. The molecule has 2 rings (SSSR count). The summed E-state index contributed by atoms with van der Waals surface area (Å²) in [7, 11) is 0. The number of phenolic OH excluding ortho intramolecular Hbond substituents is 1. The molecule has 0 unspecified atom stereocenters. The predicted octanol–water partition coefficient (Wildman–Crippen LogP) is 1.51. The van der Waals surface area contributed by atoms with E-state index in [1.54, 1.807) is 12.1 Å². The van der Waals surface area contributed by atoms with Gasteiger partial charge in [-0.15, -0.1) is 0 Å². The quantitative estimate of drug-likeness (QED) is 0.796. The van der Waals surface area contributed by atoms with E-state index in [2.05, 4.69) is 10.1 Å². The van der Waals surface area contributed by atoms with Gasteiger partial charge in [-0.05, 0) is 24.3 Å². The number of hydrogen-bond donors (Lipinski definition) is 1. The average Bonchev–Trinajstić information content (AvgIpc) is 2.68. The van der Waals surface area contributed by atoms with E-state index in [-0.39, 0.29) is 12.2 Å². The second kappa shape index (κ2) is 3.80. The Morgan fingerprint density at radius 3 is 2.73 bits per heavy atom. The zero-order valence-electron chi connectivity index (χ0n) is 7.71. The third kappa shape index (κ3) is 1.94. The second-order valence-electron chi connectivity index (χ2n) is 2.89. The minimum absolute atomic E-state index is 0.102. The van der Waals surface area contributed by atoms with Gasteiger partial charge in [-0.2, -0.15) is 10.2 Å². The minimum atomic E-state index is 0.102. The smallest absolute Gasteiger partial charge is 0.241 e. The van der Waals surface area contributed by atoms with Gasteiger partial charge in [-0.1, -0.05) is 5.16 Å². The van der Waals surface area contributed by atoms with Crippen LogP contribution in [0.15, 0.2) is 28.8 Å². The van der Waals surface area contributed by atoms with E-state index in [1.807, 2.05) is 6.07 Å². The molecule has 2 aromatic rings. The van der Waals surface area contributed by atoms with Crippen molar-refractivity contribution in [2.24, 2.45) is 0 Å². The number of phenols is 1. The van der Waals surface area contributed by atoms with Crippen molar-refractivity contribution in [1.82, 2.24) is 10.1 Å². The first-order valence-electron chi connectivity index (χ1n) is 4.28. The number of nitriles is 1. The molecule has 0 aliphatic carbocycles. The van der Waals surface area contributed by atoms with Crippen molar-refractivity contribution in [3.05, 3.63) is 30.2 Å². The summed E-state index contributed by atoms with van der Waals surface area (Å²) in [6.45, 7) is 0. The summed E-state index contributed by atoms with van der Waals surface area (Å²) < 4.78 is 4.84. The van der Waals surface area contributed by atoms with Gasteiger partial charge in [0.05, 0.1) is 6.07 Å². The van der Waals surface area contributed by atoms with Gasteiger partial charge in [0.15, 0.2) is 0 Å². The van der Waals surface area contributed by atoms with E-state index >= 15 is 0 Å². The molecule has 0 atom stereocenters. The number of nitrogens with zero attached hydrogens (tertiary/aromatic N) is 3. The highest BCUT2D eigenvalue weighted by molar-refractivity contribution is 5.55. The van der Waals surface area contributed by atoms with E-state index < -0.39 is 0 Å². The first kappa shape index (κ1) is 9.21. The van der Waals surface area contributed by atoms with Crippen LogP contribution in [0.5, 0.6) is 5.75 Å². The van der Waals surface area contributed by atoms with Crippen molar-refractivity contribution in [2.75, 3.05) is 0 Å². The molecule has 1 aromatic heterocycles.